The molecule has 2 nitrogen and oxygen atoms in total. The average molecular weight is 269 g/mol. The zero-order valence-corrected chi connectivity index (χ0v) is 8.85. The Bertz CT molecular complexity index is 590. The third kappa shape index (κ3) is 1.57. The Kier molecular flexibility index (Phi) is 2.37. The maximum absolute atomic E-state index is 13.4. The van der Waals surface area contributed by atoms with E-state index in [0.717, 1.165) is 12.1 Å². The highest BCUT2D eigenvalue weighted by Crippen LogP contribution is 2.28. The second-order valence-corrected chi connectivity index (χ2v) is 3.73. The Balaban J connectivity index is 3.02. The Morgan fingerprint density at radius 3 is 2.73 bits per heavy atom. The van der Waals surface area contributed by atoms with Gasteiger partial charge in [0.15, 0.2) is 0 Å². The lowest BCUT2D eigenvalue weighted by Crippen LogP contribution is -1.91. The van der Waals surface area contributed by atoms with Gasteiger partial charge in [0.1, 0.15) is 23.4 Å². The molecule has 2 aromatic rings. The lowest BCUT2D eigenvalue weighted by molar-refractivity contribution is 0.591. The van der Waals surface area contributed by atoms with E-state index < -0.39 is 11.6 Å². The van der Waals surface area contributed by atoms with Crippen LogP contribution in [0.4, 0.5) is 8.78 Å². The van der Waals surface area contributed by atoms with Crippen LogP contribution in [0.5, 0.6) is 0 Å². The topological polar surface area (TPSA) is 36.7 Å². The van der Waals surface area contributed by atoms with Crippen molar-refractivity contribution in [2.75, 3.05) is 0 Å². The van der Waals surface area contributed by atoms with Gasteiger partial charge >= 0.3 is 0 Å². The summed E-state index contributed by atoms with van der Waals surface area (Å²) < 4.78 is 26.8. The highest BCUT2D eigenvalue weighted by atomic mass is 79.9. The van der Waals surface area contributed by atoms with E-state index in [1.165, 1.54) is 6.20 Å². The van der Waals surface area contributed by atoms with Gasteiger partial charge < -0.3 is 0 Å². The van der Waals surface area contributed by atoms with Crippen LogP contribution >= 0.6 is 15.9 Å². The zero-order valence-electron chi connectivity index (χ0n) is 7.26. The van der Waals surface area contributed by atoms with E-state index >= 15 is 0 Å². The molecule has 0 saturated carbocycles. The van der Waals surface area contributed by atoms with Gasteiger partial charge in [-0.05, 0) is 22.0 Å². The Labute approximate surface area is 92.3 Å². The van der Waals surface area contributed by atoms with Gasteiger partial charge in [0.2, 0.25) is 0 Å². The second kappa shape index (κ2) is 3.55. The summed E-state index contributed by atoms with van der Waals surface area (Å²) in [6.07, 6.45) is 1.32. The molecule has 15 heavy (non-hydrogen) atoms. The molecule has 0 aliphatic rings. The van der Waals surface area contributed by atoms with Gasteiger partial charge in [0.05, 0.1) is 0 Å². The Morgan fingerprint density at radius 1 is 1.33 bits per heavy atom. The molecule has 0 N–H and O–H groups in total. The van der Waals surface area contributed by atoms with Crippen LogP contribution in [0.2, 0.25) is 0 Å². The summed E-state index contributed by atoms with van der Waals surface area (Å²) >= 11 is 3.10. The Morgan fingerprint density at radius 2 is 2.07 bits per heavy atom. The van der Waals surface area contributed by atoms with Crippen LogP contribution < -0.4 is 0 Å². The van der Waals surface area contributed by atoms with Gasteiger partial charge in [-0.15, -0.1) is 0 Å². The van der Waals surface area contributed by atoms with Crippen molar-refractivity contribution in [1.82, 2.24) is 4.98 Å². The Hall–Kier alpha value is -1.54. The molecule has 0 atom stereocenters. The predicted molar refractivity (Wildman–Crippen MR) is 54.1 cm³/mol. The number of halogens is 3. The quantitative estimate of drug-likeness (QED) is 0.736. The van der Waals surface area contributed by atoms with Crippen LogP contribution in [0.1, 0.15) is 5.69 Å². The number of aromatic nitrogens is 1. The molecule has 2 rings (SSSR count). The van der Waals surface area contributed by atoms with Gasteiger partial charge in [0.25, 0.3) is 0 Å². The van der Waals surface area contributed by atoms with Crippen molar-refractivity contribution >= 4 is 26.7 Å². The number of pyridine rings is 1. The predicted octanol–water partition coefficient (Wildman–Crippen LogP) is 3.15. The third-order valence-electron chi connectivity index (χ3n) is 1.96. The van der Waals surface area contributed by atoms with Crippen molar-refractivity contribution in [2.45, 2.75) is 0 Å². The summed E-state index contributed by atoms with van der Waals surface area (Å²) in [7, 11) is 0. The second-order valence-electron chi connectivity index (χ2n) is 2.88. The first-order valence-electron chi connectivity index (χ1n) is 3.97. The molecule has 0 bridgehead atoms. The highest BCUT2D eigenvalue weighted by molar-refractivity contribution is 9.10. The van der Waals surface area contributed by atoms with Crippen LogP contribution in [0, 0.1) is 23.0 Å². The maximum Gasteiger partial charge on any atom is 0.148 e. The van der Waals surface area contributed by atoms with Crippen LogP contribution in [-0.4, -0.2) is 4.98 Å². The summed E-state index contributed by atoms with van der Waals surface area (Å²) in [5, 5.41) is 9.08. The van der Waals surface area contributed by atoms with Crippen LogP contribution in [0.25, 0.3) is 10.8 Å². The smallest absolute Gasteiger partial charge is 0.148 e. The molecular formula is C10H3BrF2N2. The summed E-state index contributed by atoms with van der Waals surface area (Å²) in [6.45, 7) is 0. The minimum atomic E-state index is -0.726. The first-order chi connectivity index (χ1) is 7.13. The van der Waals surface area contributed by atoms with Crippen LogP contribution in [-0.2, 0) is 0 Å². The first kappa shape index (κ1) is 9.99. The van der Waals surface area contributed by atoms with Gasteiger partial charge in [0, 0.05) is 27.5 Å². The molecule has 0 fully saturated rings. The number of nitriles is 1. The standard InChI is InChI=1S/C10H3BrF2N2/c11-7-4-15-9(3-14)6-1-5(12)2-8(13)10(6)7/h1-2,4H. The molecule has 0 spiro atoms. The van der Waals surface area contributed by atoms with E-state index in [-0.39, 0.29) is 16.5 Å². The van der Waals surface area contributed by atoms with Crippen LogP contribution in [0.15, 0.2) is 22.8 Å². The molecule has 1 heterocycles. The first-order valence-corrected chi connectivity index (χ1v) is 4.76. The molecule has 0 unspecified atom stereocenters. The van der Waals surface area contributed by atoms with Gasteiger partial charge in [-0.2, -0.15) is 5.26 Å². The molecular weight excluding hydrogens is 266 g/mol. The minimum Gasteiger partial charge on any atom is -0.244 e. The molecule has 0 amide bonds. The van der Waals surface area contributed by atoms with E-state index in [1.54, 1.807) is 6.07 Å². The summed E-state index contributed by atoms with van der Waals surface area (Å²) in [4.78, 5) is 3.77. The van der Waals surface area contributed by atoms with E-state index in [1.807, 2.05) is 0 Å². The van der Waals surface area contributed by atoms with Crippen molar-refractivity contribution < 1.29 is 8.78 Å². The number of hydrogen-bond donors (Lipinski definition) is 0. The van der Waals surface area contributed by atoms with Crippen molar-refractivity contribution in [3.05, 3.63) is 40.1 Å². The molecule has 74 valence electrons. The van der Waals surface area contributed by atoms with Crippen molar-refractivity contribution in [3.8, 4) is 6.07 Å². The molecule has 0 aliphatic heterocycles. The average Bonchev–Trinajstić information content (AvgIpc) is 2.17. The molecule has 0 radical (unpaired) electrons. The van der Waals surface area contributed by atoms with Crippen molar-refractivity contribution in [2.24, 2.45) is 0 Å². The number of benzene rings is 1. The van der Waals surface area contributed by atoms with Gasteiger partial charge in [-0.1, -0.05) is 0 Å². The van der Waals surface area contributed by atoms with E-state index in [9.17, 15) is 8.78 Å². The SMILES string of the molecule is N#Cc1ncc(Br)c2c(F)cc(F)cc12. The number of hydrogen-bond acceptors (Lipinski definition) is 2. The molecule has 0 aliphatic carbocycles. The van der Waals surface area contributed by atoms with E-state index in [4.69, 9.17) is 5.26 Å². The number of fused-ring (bicyclic) bond motifs is 1. The summed E-state index contributed by atoms with van der Waals surface area (Å²) in [5.74, 6) is -1.44. The number of rotatable bonds is 0. The summed E-state index contributed by atoms with van der Waals surface area (Å²) in [5.41, 5.74) is 0.00611. The fourth-order valence-corrected chi connectivity index (χ4v) is 1.85. The lowest BCUT2D eigenvalue weighted by atomic mass is 10.1. The largest absolute Gasteiger partial charge is 0.244 e. The lowest BCUT2D eigenvalue weighted by Gasteiger charge is -2.03. The molecule has 0 saturated heterocycles. The molecule has 5 heteroatoms. The van der Waals surface area contributed by atoms with Crippen molar-refractivity contribution in [3.63, 3.8) is 0 Å². The fraction of sp³-hybridized carbons (Fsp3) is 0. The van der Waals surface area contributed by atoms with E-state index in [0.29, 0.717) is 4.47 Å². The fourth-order valence-electron chi connectivity index (χ4n) is 1.35. The highest BCUT2D eigenvalue weighted by Gasteiger charge is 2.11. The maximum atomic E-state index is 13.4. The monoisotopic (exact) mass is 268 g/mol. The molecule has 1 aromatic carbocycles. The van der Waals surface area contributed by atoms with E-state index in [2.05, 4.69) is 20.9 Å². The molecule has 1 aromatic heterocycles. The normalized spacial score (nSPS) is 10.3. The number of nitrogens with zero attached hydrogens (tertiary/aromatic N) is 2. The summed E-state index contributed by atoms with van der Waals surface area (Å²) in [6, 6.07) is 3.65. The van der Waals surface area contributed by atoms with Crippen molar-refractivity contribution in [1.29, 1.82) is 5.26 Å². The third-order valence-corrected chi connectivity index (χ3v) is 2.56. The van der Waals surface area contributed by atoms with Gasteiger partial charge in [-0.3, -0.25) is 0 Å². The zero-order chi connectivity index (χ0) is 11.0. The van der Waals surface area contributed by atoms with Crippen LogP contribution in [0.3, 0.4) is 0 Å². The van der Waals surface area contributed by atoms with Gasteiger partial charge in [-0.25, -0.2) is 13.8 Å². The minimum absolute atomic E-state index is 0.00611.